The van der Waals surface area contributed by atoms with Crippen molar-refractivity contribution >= 4 is 28.1 Å². The van der Waals surface area contributed by atoms with Crippen LogP contribution in [0.2, 0.25) is 0 Å². The average Bonchev–Trinajstić information content (AvgIpc) is 2.40. The SMILES string of the molecule is O=C1C=CC(=O)C(c2ccc3ccc(=O)oc3c2)=C1. The summed E-state index contributed by atoms with van der Waals surface area (Å²) in [6.07, 6.45) is 3.75. The van der Waals surface area contributed by atoms with Gasteiger partial charge in [0.25, 0.3) is 0 Å². The summed E-state index contributed by atoms with van der Waals surface area (Å²) in [5.41, 5.74) is 0.802. The number of carbonyl (C=O) groups excluding carboxylic acids is 2. The van der Waals surface area contributed by atoms with Crippen molar-refractivity contribution in [3.8, 4) is 0 Å². The van der Waals surface area contributed by atoms with E-state index in [0.717, 1.165) is 5.39 Å². The average molecular weight is 252 g/mol. The molecule has 19 heavy (non-hydrogen) atoms. The van der Waals surface area contributed by atoms with Crippen LogP contribution in [0.3, 0.4) is 0 Å². The molecule has 0 atom stereocenters. The van der Waals surface area contributed by atoms with Crippen LogP contribution in [0.5, 0.6) is 0 Å². The summed E-state index contributed by atoms with van der Waals surface area (Å²) in [4.78, 5) is 34.2. The molecule has 0 fully saturated rings. The third-order valence-electron chi connectivity index (χ3n) is 2.89. The first-order chi connectivity index (χ1) is 9.13. The number of fused-ring (bicyclic) bond motifs is 1. The van der Waals surface area contributed by atoms with E-state index in [1.165, 1.54) is 24.3 Å². The molecule has 1 aliphatic rings. The Labute approximate surface area is 107 Å². The molecular weight excluding hydrogens is 244 g/mol. The van der Waals surface area contributed by atoms with Crippen LogP contribution in [0, 0.1) is 0 Å². The van der Waals surface area contributed by atoms with Gasteiger partial charge < -0.3 is 4.42 Å². The van der Waals surface area contributed by atoms with E-state index in [1.54, 1.807) is 24.3 Å². The van der Waals surface area contributed by atoms with Gasteiger partial charge in [-0.25, -0.2) is 4.79 Å². The topological polar surface area (TPSA) is 64.3 Å². The molecule has 0 aliphatic heterocycles. The summed E-state index contributed by atoms with van der Waals surface area (Å²) < 4.78 is 5.06. The van der Waals surface area contributed by atoms with Crippen molar-refractivity contribution in [2.45, 2.75) is 0 Å². The molecule has 0 bridgehead atoms. The van der Waals surface area contributed by atoms with E-state index in [1.807, 2.05) is 0 Å². The highest BCUT2D eigenvalue weighted by atomic mass is 16.4. The van der Waals surface area contributed by atoms with Crippen LogP contribution in [0.1, 0.15) is 5.56 Å². The van der Waals surface area contributed by atoms with Crippen molar-refractivity contribution < 1.29 is 14.0 Å². The molecule has 4 nitrogen and oxygen atoms in total. The number of rotatable bonds is 1. The molecule has 1 aromatic carbocycles. The Morgan fingerprint density at radius 2 is 1.68 bits per heavy atom. The molecule has 2 aromatic rings. The standard InChI is InChI=1S/C15H8O4/c16-11-4-5-13(17)12(8-11)10-2-1-9-3-6-15(18)19-14(9)7-10/h1-8H. The number of benzene rings is 1. The summed E-state index contributed by atoms with van der Waals surface area (Å²) in [6, 6.07) is 8.03. The summed E-state index contributed by atoms with van der Waals surface area (Å²) in [5, 5.41) is 0.758. The van der Waals surface area contributed by atoms with Gasteiger partial charge >= 0.3 is 5.63 Å². The van der Waals surface area contributed by atoms with Gasteiger partial charge in [-0.2, -0.15) is 0 Å². The van der Waals surface area contributed by atoms with Gasteiger partial charge in [-0.3, -0.25) is 9.59 Å². The van der Waals surface area contributed by atoms with Crippen LogP contribution in [0.15, 0.2) is 57.8 Å². The maximum absolute atomic E-state index is 11.7. The van der Waals surface area contributed by atoms with Gasteiger partial charge in [0.15, 0.2) is 11.6 Å². The van der Waals surface area contributed by atoms with Crippen molar-refractivity contribution in [3.63, 3.8) is 0 Å². The van der Waals surface area contributed by atoms with Gasteiger partial charge in [0.1, 0.15) is 5.58 Å². The van der Waals surface area contributed by atoms with E-state index in [-0.39, 0.29) is 11.6 Å². The Kier molecular flexibility index (Phi) is 2.49. The minimum absolute atomic E-state index is 0.232. The Morgan fingerprint density at radius 3 is 2.53 bits per heavy atom. The van der Waals surface area contributed by atoms with Gasteiger partial charge in [-0.1, -0.05) is 12.1 Å². The normalized spacial score (nSPS) is 14.8. The van der Waals surface area contributed by atoms with Crippen molar-refractivity contribution in [1.29, 1.82) is 0 Å². The molecule has 0 amide bonds. The third kappa shape index (κ3) is 2.04. The predicted molar refractivity (Wildman–Crippen MR) is 69.6 cm³/mol. The van der Waals surface area contributed by atoms with Crippen LogP contribution >= 0.6 is 0 Å². The quantitative estimate of drug-likeness (QED) is 0.574. The Bertz CT molecular complexity index is 821. The molecule has 0 radical (unpaired) electrons. The smallest absolute Gasteiger partial charge is 0.336 e. The molecule has 92 valence electrons. The summed E-state index contributed by atoms with van der Waals surface area (Å²) in [7, 11) is 0. The first-order valence-corrected chi connectivity index (χ1v) is 5.66. The van der Waals surface area contributed by atoms with E-state index >= 15 is 0 Å². The molecule has 0 spiro atoms. The fourth-order valence-electron chi connectivity index (χ4n) is 1.96. The zero-order valence-electron chi connectivity index (χ0n) is 9.75. The lowest BCUT2D eigenvalue weighted by Crippen LogP contribution is -2.06. The van der Waals surface area contributed by atoms with Crippen LogP contribution in [0.25, 0.3) is 16.5 Å². The Balaban J connectivity index is 2.18. The van der Waals surface area contributed by atoms with Crippen LogP contribution in [-0.4, -0.2) is 11.6 Å². The summed E-state index contributed by atoms with van der Waals surface area (Å²) >= 11 is 0. The minimum Gasteiger partial charge on any atom is -0.423 e. The second-order valence-electron chi connectivity index (χ2n) is 4.17. The van der Waals surface area contributed by atoms with Gasteiger partial charge in [0.05, 0.1) is 0 Å². The van der Waals surface area contributed by atoms with Crippen molar-refractivity contribution in [3.05, 3.63) is 64.5 Å². The van der Waals surface area contributed by atoms with Gasteiger partial charge in [-0.15, -0.1) is 0 Å². The lowest BCUT2D eigenvalue weighted by Gasteiger charge is -2.07. The molecule has 1 aliphatic carbocycles. The van der Waals surface area contributed by atoms with E-state index in [9.17, 15) is 14.4 Å². The van der Waals surface area contributed by atoms with Crippen molar-refractivity contribution in [2.75, 3.05) is 0 Å². The van der Waals surface area contributed by atoms with Crippen molar-refractivity contribution in [2.24, 2.45) is 0 Å². The second-order valence-corrected chi connectivity index (χ2v) is 4.17. The first kappa shape index (κ1) is 11.3. The Morgan fingerprint density at radius 1 is 0.895 bits per heavy atom. The van der Waals surface area contributed by atoms with Crippen LogP contribution in [0.4, 0.5) is 0 Å². The van der Waals surface area contributed by atoms with Crippen molar-refractivity contribution in [1.82, 2.24) is 0 Å². The highest BCUT2D eigenvalue weighted by Gasteiger charge is 2.15. The number of allylic oxidation sites excluding steroid dienone is 4. The highest BCUT2D eigenvalue weighted by Crippen LogP contribution is 2.23. The maximum atomic E-state index is 11.7. The number of hydrogen-bond donors (Lipinski definition) is 0. The molecule has 1 aromatic heterocycles. The first-order valence-electron chi connectivity index (χ1n) is 5.66. The van der Waals surface area contributed by atoms with Gasteiger partial charge in [-0.05, 0) is 35.9 Å². The lowest BCUT2D eigenvalue weighted by molar-refractivity contribution is -0.113. The molecule has 0 unspecified atom stereocenters. The Hall–Kier alpha value is -2.75. The summed E-state index contributed by atoms with van der Waals surface area (Å²) in [6.45, 7) is 0. The lowest BCUT2D eigenvalue weighted by atomic mass is 9.96. The third-order valence-corrected chi connectivity index (χ3v) is 2.89. The molecule has 1 heterocycles. The number of carbonyl (C=O) groups is 2. The second kappa shape index (κ2) is 4.17. The maximum Gasteiger partial charge on any atom is 0.336 e. The van der Waals surface area contributed by atoms with E-state index in [2.05, 4.69) is 0 Å². The molecule has 0 saturated heterocycles. The largest absolute Gasteiger partial charge is 0.423 e. The molecule has 3 rings (SSSR count). The molecule has 0 N–H and O–H groups in total. The van der Waals surface area contributed by atoms with Gasteiger partial charge in [0.2, 0.25) is 0 Å². The monoisotopic (exact) mass is 252 g/mol. The zero-order chi connectivity index (χ0) is 13.4. The van der Waals surface area contributed by atoms with Crippen LogP contribution in [-0.2, 0) is 9.59 Å². The van der Waals surface area contributed by atoms with E-state index < -0.39 is 5.63 Å². The zero-order valence-corrected chi connectivity index (χ0v) is 9.75. The number of ketones is 2. The van der Waals surface area contributed by atoms with E-state index in [4.69, 9.17) is 4.42 Å². The van der Waals surface area contributed by atoms with E-state index in [0.29, 0.717) is 16.7 Å². The fourth-order valence-corrected chi connectivity index (χ4v) is 1.96. The van der Waals surface area contributed by atoms with Crippen LogP contribution < -0.4 is 5.63 Å². The molecule has 0 saturated carbocycles. The highest BCUT2D eigenvalue weighted by molar-refractivity contribution is 6.34. The summed E-state index contributed by atoms with van der Waals surface area (Å²) in [5.74, 6) is -0.471. The molecular formula is C15H8O4. The number of hydrogen-bond acceptors (Lipinski definition) is 4. The minimum atomic E-state index is -0.454. The predicted octanol–water partition coefficient (Wildman–Crippen LogP) is 1.88. The fraction of sp³-hybridized carbons (Fsp3) is 0. The van der Waals surface area contributed by atoms with Gasteiger partial charge in [0, 0.05) is 17.0 Å². The molecule has 4 heteroatoms.